The zero-order valence-electron chi connectivity index (χ0n) is 11.6. The first-order chi connectivity index (χ1) is 9.22. The van der Waals surface area contributed by atoms with E-state index in [0.29, 0.717) is 13.2 Å². The molecule has 1 aromatic carbocycles. The number of aryl methyl sites for hydroxylation is 1. The van der Waals surface area contributed by atoms with Crippen molar-refractivity contribution in [3.8, 4) is 0 Å². The van der Waals surface area contributed by atoms with Crippen molar-refractivity contribution in [2.24, 2.45) is 5.73 Å². The SMILES string of the molecule is CC(N)c1ccc2c(c1)CCCN2CCOCCO. The van der Waals surface area contributed by atoms with Gasteiger partial charge in [0.15, 0.2) is 0 Å². The van der Waals surface area contributed by atoms with Gasteiger partial charge in [0.1, 0.15) is 0 Å². The van der Waals surface area contributed by atoms with Crippen LogP contribution in [0.5, 0.6) is 0 Å². The van der Waals surface area contributed by atoms with E-state index in [2.05, 4.69) is 23.1 Å². The Morgan fingerprint density at radius 3 is 3.00 bits per heavy atom. The molecule has 0 aliphatic carbocycles. The van der Waals surface area contributed by atoms with Gasteiger partial charge in [-0.3, -0.25) is 0 Å². The summed E-state index contributed by atoms with van der Waals surface area (Å²) in [4.78, 5) is 2.36. The fraction of sp³-hybridized carbons (Fsp3) is 0.600. The van der Waals surface area contributed by atoms with Crippen molar-refractivity contribution < 1.29 is 9.84 Å². The standard InChI is InChI=1S/C15H24N2O2/c1-12(16)13-4-5-15-14(11-13)3-2-6-17(15)7-9-19-10-8-18/h4-5,11-12,18H,2-3,6-10,16H2,1H3. The van der Waals surface area contributed by atoms with Crippen LogP contribution in [0.1, 0.15) is 30.5 Å². The Balaban J connectivity index is 2.02. The van der Waals surface area contributed by atoms with Gasteiger partial charge in [-0.1, -0.05) is 12.1 Å². The van der Waals surface area contributed by atoms with Crippen LogP contribution >= 0.6 is 0 Å². The second kappa shape index (κ2) is 6.89. The molecule has 4 nitrogen and oxygen atoms in total. The van der Waals surface area contributed by atoms with Gasteiger partial charge in [-0.05, 0) is 37.0 Å². The van der Waals surface area contributed by atoms with Crippen LogP contribution in [-0.4, -0.2) is 38.0 Å². The molecule has 0 saturated heterocycles. The number of anilines is 1. The highest BCUT2D eigenvalue weighted by Gasteiger charge is 2.17. The second-order valence-electron chi connectivity index (χ2n) is 5.10. The Morgan fingerprint density at radius 1 is 1.42 bits per heavy atom. The highest BCUT2D eigenvalue weighted by molar-refractivity contribution is 5.57. The normalized spacial score (nSPS) is 16.3. The summed E-state index contributed by atoms with van der Waals surface area (Å²) in [6.07, 6.45) is 2.30. The molecule has 1 unspecified atom stereocenters. The smallest absolute Gasteiger partial charge is 0.0698 e. The van der Waals surface area contributed by atoms with Crippen molar-refractivity contribution in [2.45, 2.75) is 25.8 Å². The first kappa shape index (κ1) is 14.3. The summed E-state index contributed by atoms with van der Waals surface area (Å²) in [6, 6.07) is 6.63. The Kier molecular flexibility index (Phi) is 5.19. The van der Waals surface area contributed by atoms with Crippen molar-refractivity contribution >= 4 is 5.69 Å². The number of aliphatic hydroxyl groups is 1. The fourth-order valence-electron chi connectivity index (χ4n) is 2.55. The predicted octanol–water partition coefficient (Wildman–Crippen LogP) is 1.47. The summed E-state index contributed by atoms with van der Waals surface area (Å²) in [5, 5.41) is 8.69. The molecule has 19 heavy (non-hydrogen) atoms. The van der Waals surface area contributed by atoms with Gasteiger partial charge in [0, 0.05) is 24.8 Å². The maximum absolute atomic E-state index is 8.69. The molecule has 0 amide bonds. The van der Waals surface area contributed by atoms with Crippen LogP contribution < -0.4 is 10.6 Å². The first-order valence-electron chi connectivity index (χ1n) is 7.04. The van der Waals surface area contributed by atoms with Crippen LogP contribution in [0, 0.1) is 0 Å². The highest BCUT2D eigenvalue weighted by Crippen LogP contribution is 2.29. The summed E-state index contributed by atoms with van der Waals surface area (Å²) < 4.78 is 5.35. The topological polar surface area (TPSA) is 58.7 Å². The number of aliphatic hydroxyl groups excluding tert-OH is 1. The van der Waals surface area contributed by atoms with E-state index < -0.39 is 0 Å². The van der Waals surface area contributed by atoms with Crippen LogP contribution in [0.2, 0.25) is 0 Å². The van der Waals surface area contributed by atoms with E-state index in [1.807, 2.05) is 6.92 Å². The minimum atomic E-state index is 0.0913. The second-order valence-corrected chi connectivity index (χ2v) is 5.10. The lowest BCUT2D eigenvalue weighted by Gasteiger charge is -2.31. The van der Waals surface area contributed by atoms with Crippen LogP contribution in [0.15, 0.2) is 18.2 Å². The molecule has 0 radical (unpaired) electrons. The average molecular weight is 264 g/mol. The Bertz CT molecular complexity index is 407. The first-order valence-corrected chi connectivity index (χ1v) is 7.04. The van der Waals surface area contributed by atoms with Gasteiger partial charge >= 0.3 is 0 Å². The number of rotatable bonds is 6. The van der Waals surface area contributed by atoms with Gasteiger partial charge in [-0.2, -0.15) is 0 Å². The third-order valence-corrected chi connectivity index (χ3v) is 3.59. The van der Waals surface area contributed by atoms with Crippen molar-refractivity contribution in [3.63, 3.8) is 0 Å². The van der Waals surface area contributed by atoms with E-state index >= 15 is 0 Å². The summed E-state index contributed by atoms with van der Waals surface area (Å²) in [7, 11) is 0. The molecule has 0 saturated carbocycles. The largest absolute Gasteiger partial charge is 0.394 e. The van der Waals surface area contributed by atoms with Crippen LogP contribution in [-0.2, 0) is 11.2 Å². The number of benzene rings is 1. The average Bonchev–Trinajstić information content (AvgIpc) is 2.43. The molecule has 106 valence electrons. The Morgan fingerprint density at radius 2 is 2.26 bits per heavy atom. The molecule has 1 aliphatic rings. The molecule has 0 bridgehead atoms. The van der Waals surface area contributed by atoms with Gasteiger partial charge in [0.05, 0.1) is 19.8 Å². The van der Waals surface area contributed by atoms with E-state index in [1.54, 1.807) is 0 Å². The molecule has 1 heterocycles. The van der Waals surface area contributed by atoms with Crippen molar-refractivity contribution in [2.75, 3.05) is 37.8 Å². The van der Waals surface area contributed by atoms with Crippen LogP contribution in [0.25, 0.3) is 0 Å². The molecule has 4 heteroatoms. The predicted molar refractivity (Wildman–Crippen MR) is 77.5 cm³/mol. The molecule has 0 aromatic heterocycles. The van der Waals surface area contributed by atoms with Crippen molar-refractivity contribution in [1.29, 1.82) is 0 Å². The van der Waals surface area contributed by atoms with E-state index in [4.69, 9.17) is 15.6 Å². The molecule has 1 aromatic rings. The number of fused-ring (bicyclic) bond motifs is 1. The highest BCUT2D eigenvalue weighted by atomic mass is 16.5. The van der Waals surface area contributed by atoms with Gasteiger partial charge in [0.2, 0.25) is 0 Å². The molecule has 1 aliphatic heterocycles. The number of hydrogen-bond donors (Lipinski definition) is 2. The lowest BCUT2D eigenvalue weighted by molar-refractivity contribution is 0.0965. The van der Waals surface area contributed by atoms with E-state index in [1.165, 1.54) is 23.2 Å². The summed E-state index contributed by atoms with van der Waals surface area (Å²) in [5.74, 6) is 0. The number of hydrogen-bond acceptors (Lipinski definition) is 4. The van der Waals surface area contributed by atoms with Crippen LogP contribution in [0.4, 0.5) is 5.69 Å². The minimum absolute atomic E-state index is 0.0913. The third kappa shape index (κ3) is 3.69. The molecular weight excluding hydrogens is 240 g/mol. The molecule has 3 N–H and O–H groups in total. The number of nitrogens with two attached hydrogens (primary N) is 1. The summed E-state index contributed by atoms with van der Waals surface area (Å²) in [5.41, 5.74) is 9.84. The van der Waals surface area contributed by atoms with E-state index in [-0.39, 0.29) is 12.6 Å². The van der Waals surface area contributed by atoms with Crippen LogP contribution in [0.3, 0.4) is 0 Å². The summed E-state index contributed by atoms with van der Waals surface area (Å²) in [6.45, 7) is 5.15. The monoisotopic (exact) mass is 264 g/mol. The lowest BCUT2D eigenvalue weighted by Crippen LogP contribution is -2.32. The van der Waals surface area contributed by atoms with E-state index in [9.17, 15) is 0 Å². The van der Waals surface area contributed by atoms with Gasteiger partial charge in [-0.15, -0.1) is 0 Å². The van der Waals surface area contributed by atoms with Gasteiger partial charge in [-0.25, -0.2) is 0 Å². The minimum Gasteiger partial charge on any atom is -0.394 e. The molecular formula is C15H24N2O2. The Hall–Kier alpha value is -1.10. The van der Waals surface area contributed by atoms with Gasteiger partial charge < -0.3 is 20.5 Å². The molecule has 0 spiro atoms. The summed E-state index contributed by atoms with van der Waals surface area (Å²) >= 11 is 0. The number of ether oxygens (including phenoxy) is 1. The maximum Gasteiger partial charge on any atom is 0.0698 e. The number of nitrogens with zero attached hydrogens (tertiary/aromatic N) is 1. The van der Waals surface area contributed by atoms with E-state index in [0.717, 1.165) is 19.5 Å². The van der Waals surface area contributed by atoms with Gasteiger partial charge in [0.25, 0.3) is 0 Å². The maximum atomic E-state index is 8.69. The molecule has 0 fully saturated rings. The fourth-order valence-corrected chi connectivity index (χ4v) is 2.55. The zero-order chi connectivity index (χ0) is 13.7. The third-order valence-electron chi connectivity index (χ3n) is 3.59. The molecule has 1 atom stereocenters. The van der Waals surface area contributed by atoms with Crippen molar-refractivity contribution in [1.82, 2.24) is 0 Å². The zero-order valence-corrected chi connectivity index (χ0v) is 11.6. The van der Waals surface area contributed by atoms with Crippen molar-refractivity contribution in [3.05, 3.63) is 29.3 Å². The quantitative estimate of drug-likeness (QED) is 0.764. The Labute approximate surface area is 115 Å². The molecule has 2 rings (SSSR count). The lowest BCUT2D eigenvalue weighted by atomic mass is 9.97.